The molecule has 0 aliphatic heterocycles. The summed E-state index contributed by atoms with van der Waals surface area (Å²) in [6, 6.07) is 2.77. The molecule has 1 rings (SSSR count). The van der Waals surface area contributed by atoms with Crippen molar-refractivity contribution in [2.24, 2.45) is 0 Å². The third-order valence-corrected chi connectivity index (χ3v) is 2.41. The van der Waals surface area contributed by atoms with Crippen molar-refractivity contribution in [3.8, 4) is 11.5 Å². The van der Waals surface area contributed by atoms with Crippen LogP contribution in [0, 0.1) is 5.82 Å². The van der Waals surface area contributed by atoms with E-state index in [1.165, 1.54) is 26.4 Å². The minimum atomic E-state index is -0.876. The summed E-state index contributed by atoms with van der Waals surface area (Å²) in [5.41, 5.74) is 0.566. The largest absolute Gasteiger partial charge is 0.496 e. The number of benzene rings is 1. The van der Waals surface area contributed by atoms with E-state index >= 15 is 0 Å². The van der Waals surface area contributed by atoms with Crippen molar-refractivity contribution in [3.05, 3.63) is 23.5 Å². The van der Waals surface area contributed by atoms with Crippen molar-refractivity contribution >= 4 is 5.97 Å². The molecule has 0 heterocycles. The summed E-state index contributed by atoms with van der Waals surface area (Å²) in [7, 11) is 2.85. The van der Waals surface area contributed by atoms with Crippen LogP contribution < -0.4 is 9.47 Å². The third kappa shape index (κ3) is 3.34. The van der Waals surface area contributed by atoms with Crippen LogP contribution >= 0.6 is 0 Å². The summed E-state index contributed by atoms with van der Waals surface area (Å²) in [6.07, 6.45) is 0.838. The summed E-state index contributed by atoms with van der Waals surface area (Å²) in [5.74, 6) is -0.721. The molecule has 0 fully saturated rings. The quantitative estimate of drug-likeness (QED) is 0.831. The fourth-order valence-corrected chi connectivity index (χ4v) is 1.65. The zero-order chi connectivity index (χ0) is 12.8. The molecule has 0 aliphatic rings. The van der Waals surface area contributed by atoms with Gasteiger partial charge in [-0.2, -0.15) is 0 Å². The number of hydrogen-bond acceptors (Lipinski definition) is 3. The molecule has 0 aliphatic carbocycles. The maximum Gasteiger partial charge on any atom is 0.303 e. The first-order valence-corrected chi connectivity index (χ1v) is 5.21. The lowest BCUT2D eigenvalue weighted by molar-refractivity contribution is -0.137. The Balaban J connectivity index is 2.93. The summed E-state index contributed by atoms with van der Waals surface area (Å²) >= 11 is 0. The molecule has 17 heavy (non-hydrogen) atoms. The molecule has 0 spiro atoms. The molecule has 0 bridgehead atoms. The lowest BCUT2D eigenvalue weighted by Crippen LogP contribution is -2.01. The minimum absolute atomic E-state index is 0.0306. The van der Waals surface area contributed by atoms with Crippen LogP contribution in [0.1, 0.15) is 18.4 Å². The van der Waals surface area contributed by atoms with Crippen molar-refractivity contribution < 1.29 is 23.8 Å². The molecular formula is C12H15FO4. The number of rotatable bonds is 6. The highest BCUT2D eigenvalue weighted by Gasteiger charge is 2.15. The molecule has 0 unspecified atom stereocenters. The Kier molecular flexibility index (Phi) is 4.75. The van der Waals surface area contributed by atoms with Gasteiger partial charge in [-0.3, -0.25) is 4.79 Å². The number of aliphatic carboxylic acids is 1. The number of carboxylic acid groups (broad SMARTS) is 1. The summed E-state index contributed by atoms with van der Waals surface area (Å²) in [6.45, 7) is 0. The Bertz CT molecular complexity index is 404. The van der Waals surface area contributed by atoms with Crippen molar-refractivity contribution in [2.75, 3.05) is 14.2 Å². The first-order chi connectivity index (χ1) is 8.10. The number of carbonyl (C=O) groups is 1. The van der Waals surface area contributed by atoms with Gasteiger partial charge in [-0.25, -0.2) is 4.39 Å². The average Bonchev–Trinajstić information content (AvgIpc) is 2.29. The highest BCUT2D eigenvalue weighted by molar-refractivity contribution is 5.66. The Morgan fingerprint density at radius 1 is 1.35 bits per heavy atom. The molecule has 4 nitrogen and oxygen atoms in total. The van der Waals surface area contributed by atoms with Crippen LogP contribution in [0.25, 0.3) is 0 Å². The van der Waals surface area contributed by atoms with E-state index in [-0.39, 0.29) is 12.2 Å². The molecule has 0 atom stereocenters. The van der Waals surface area contributed by atoms with E-state index in [9.17, 15) is 9.18 Å². The van der Waals surface area contributed by atoms with Gasteiger partial charge in [0.15, 0.2) is 11.6 Å². The second-order valence-electron chi connectivity index (χ2n) is 3.51. The standard InChI is InChI=1S/C12H15FO4/c1-16-10-7-6-9(13)12(17-2)8(10)4-3-5-11(14)15/h6-7H,3-5H2,1-2H3,(H,14,15). The Morgan fingerprint density at radius 3 is 2.59 bits per heavy atom. The topological polar surface area (TPSA) is 55.8 Å². The van der Waals surface area contributed by atoms with Gasteiger partial charge in [-0.1, -0.05) is 0 Å². The molecule has 5 heteroatoms. The van der Waals surface area contributed by atoms with Gasteiger partial charge in [0.2, 0.25) is 0 Å². The first-order valence-electron chi connectivity index (χ1n) is 5.21. The maximum atomic E-state index is 13.5. The molecule has 0 saturated carbocycles. The van der Waals surface area contributed by atoms with Crippen molar-refractivity contribution in [1.82, 2.24) is 0 Å². The van der Waals surface area contributed by atoms with Gasteiger partial charge in [0.05, 0.1) is 14.2 Å². The van der Waals surface area contributed by atoms with Gasteiger partial charge in [0.25, 0.3) is 0 Å². The Labute approximate surface area is 99.0 Å². The number of ether oxygens (including phenoxy) is 2. The normalized spacial score (nSPS) is 10.1. The van der Waals surface area contributed by atoms with Crippen molar-refractivity contribution in [1.29, 1.82) is 0 Å². The van der Waals surface area contributed by atoms with Gasteiger partial charge in [0.1, 0.15) is 5.75 Å². The molecule has 94 valence electrons. The molecule has 1 aromatic rings. The van der Waals surface area contributed by atoms with E-state index in [1.54, 1.807) is 0 Å². The Hall–Kier alpha value is -1.78. The summed E-state index contributed by atoms with van der Waals surface area (Å²) < 4.78 is 23.5. The van der Waals surface area contributed by atoms with E-state index in [0.29, 0.717) is 24.2 Å². The zero-order valence-electron chi connectivity index (χ0n) is 9.83. The predicted octanol–water partition coefficient (Wildman–Crippen LogP) is 2.25. The maximum absolute atomic E-state index is 13.5. The van der Waals surface area contributed by atoms with E-state index in [2.05, 4.69) is 0 Å². The van der Waals surface area contributed by atoms with Crippen molar-refractivity contribution in [2.45, 2.75) is 19.3 Å². The fourth-order valence-electron chi connectivity index (χ4n) is 1.65. The van der Waals surface area contributed by atoms with Gasteiger partial charge in [0, 0.05) is 12.0 Å². The smallest absolute Gasteiger partial charge is 0.303 e. The summed E-state index contributed by atoms with van der Waals surface area (Å²) in [4.78, 5) is 10.4. The minimum Gasteiger partial charge on any atom is -0.496 e. The van der Waals surface area contributed by atoms with Crippen LogP contribution in [0.3, 0.4) is 0 Å². The molecule has 1 aromatic carbocycles. The van der Waals surface area contributed by atoms with E-state index in [0.717, 1.165) is 0 Å². The second-order valence-corrected chi connectivity index (χ2v) is 3.51. The van der Waals surface area contributed by atoms with E-state index in [4.69, 9.17) is 14.6 Å². The van der Waals surface area contributed by atoms with Gasteiger partial charge < -0.3 is 14.6 Å². The predicted molar refractivity (Wildman–Crippen MR) is 60.1 cm³/mol. The van der Waals surface area contributed by atoms with Crippen LogP contribution in [0.15, 0.2) is 12.1 Å². The number of hydrogen-bond donors (Lipinski definition) is 1. The van der Waals surface area contributed by atoms with Crippen LogP contribution in [-0.4, -0.2) is 25.3 Å². The number of carboxylic acids is 1. The molecule has 0 amide bonds. The van der Waals surface area contributed by atoms with Gasteiger partial charge in [-0.05, 0) is 25.0 Å². The summed E-state index contributed by atoms with van der Waals surface area (Å²) in [5, 5.41) is 8.56. The average molecular weight is 242 g/mol. The number of methoxy groups -OCH3 is 2. The highest BCUT2D eigenvalue weighted by Crippen LogP contribution is 2.32. The van der Waals surface area contributed by atoms with Gasteiger partial charge in [-0.15, -0.1) is 0 Å². The highest BCUT2D eigenvalue weighted by atomic mass is 19.1. The fraction of sp³-hybridized carbons (Fsp3) is 0.417. The van der Waals surface area contributed by atoms with E-state index < -0.39 is 11.8 Å². The zero-order valence-corrected chi connectivity index (χ0v) is 9.83. The van der Waals surface area contributed by atoms with Crippen molar-refractivity contribution in [3.63, 3.8) is 0 Å². The molecule has 0 saturated heterocycles. The number of halogens is 1. The monoisotopic (exact) mass is 242 g/mol. The molecule has 0 radical (unpaired) electrons. The second kappa shape index (κ2) is 6.08. The third-order valence-electron chi connectivity index (χ3n) is 2.41. The lowest BCUT2D eigenvalue weighted by atomic mass is 10.1. The van der Waals surface area contributed by atoms with Gasteiger partial charge >= 0.3 is 5.97 Å². The molecule has 0 aromatic heterocycles. The molecule has 1 N–H and O–H groups in total. The lowest BCUT2D eigenvalue weighted by Gasteiger charge is -2.13. The first kappa shape index (κ1) is 13.3. The van der Waals surface area contributed by atoms with Crippen LogP contribution in [0.5, 0.6) is 11.5 Å². The van der Waals surface area contributed by atoms with E-state index in [1.807, 2.05) is 0 Å². The Morgan fingerprint density at radius 2 is 2.06 bits per heavy atom. The SMILES string of the molecule is COc1ccc(F)c(OC)c1CCCC(=O)O. The van der Waals surface area contributed by atoms with Crippen LogP contribution in [0.4, 0.5) is 4.39 Å². The van der Waals surface area contributed by atoms with Crippen LogP contribution in [-0.2, 0) is 11.2 Å². The van der Waals surface area contributed by atoms with Crippen LogP contribution in [0.2, 0.25) is 0 Å². The molecular weight excluding hydrogens is 227 g/mol.